The van der Waals surface area contributed by atoms with E-state index in [1.54, 1.807) is 0 Å². The first-order valence-corrected chi connectivity index (χ1v) is 8.14. The van der Waals surface area contributed by atoms with Crippen molar-refractivity contribution in [2.75, 3.05) is 59.5 Å². The molecular formula is C16H35N3O. The van der Waals surface area contributed by atoms with Crippen LogP contribution >= 0.6 is 0 Å². The number of likely N-dealkylation sites (N-methyl/N-ethyl adjacent to an activating group) is 1. The molecule has 1 rings (SSSR count). The molecule has 0 unspecified atom stereocenters. The summed E-state index contributed by atoms with van der Waals surface area (Å²) in [6.07, 6.45) is 1.57. The fourth-order valence-corrected chi connectivity index (χ4v) is 2.85. The molecule has 1 atom stereocenters. The Kier molecular flexibility index (Phi) is 8.03. The molecule has 0 amide bonds. The maximum atomic E-state index is 5.92. The van der Waals surface area contributed by atoms with Crippen LogP contribution in [0.15, 0.2) is 0 Å². The van der Waals surface area contributed by atoms with Gasteiger partial charge in [0.15, 0.2) is 0 Å². The van der Waals surface area contributed by atoms with E-state index in [2.05, 4.69) is 49.9 Å². The Labute approximate surface area is 125 Å². The van der Waals surface area contributed by atoms with Gasteiger partial charge in [-0.05, 0) is 25.4 Å². The van der Waals surface area contributed by atoms with Crippen molar-refractivity contribution in [3.8, 4) is 0 Å². The molecule has 1 heterocycles. The van der Waals surface area contributed by atoms with E-state index >= 15 is 0 Å². The highest BCUT2D eigenvalue weighted by atomic mass is 16.5. The quantitative estimate of drug-likeness (QED) is 0.687. The average molecular weight is 285 g/mol. The molecule has 0 saturated carbocycles. The van der Waals surface area contributed by atoms with Gasteiger partial charge in [-0.1, -0.05) is 27.7 Å². The summed E-state index contributed by atoms with van der Waals surface area (Å²) in [5, 5.41) is 3.48. The van der Waals surface area contributed by atoms with Crippen LogP contribution in [0.25, 0.3) is 0 Å². The maximum absolute atomic E-state index is 5.92. The summed E-state index contributed by atoms with van der Waals surface area (Å²) in [4.78, 5) is 4.94. The first-order valence-electron chi connectivity index (χ1n) is 8.14. The topological polar surface area (TPSA) is 27.7 Å². The zero-order valence-electron chi connectivity index (χ0n) is 14.2. The number of rotatable bonds is 8. The standard InChI is InChI=1S/C16H35N3O/c1-6-7-17-8-9-19-10-11-20-15(13-19)12-18(5)14-16(2,3)4/h15,17H,6-14H2,1-5H3/t15-/m0/s1. The predicted molar refractivity (Wildman–Crippen MR) is 86.3 cm³/mol. The molecule has 1 aliphatic rings. The fraction of sp³-hybridized carbons (Fsp3) is 1.00. The van der Waals surface area contributed by atoms with Gasteiger partial charge in [-0.3, -0.25) is 4.90 Å². The molecule has 1 fully saturated rings. The number of ether oxygens (including phenoxy) is 1. The molecule has 0 aromatic carbocycles. The molecule has 0 aromatic heterocycles. The lowest BCUT2D eigenvalue weighted by Crippen LogP contribution is -2.49. The first-order chi connectivity index (χ1) is 9.40. The number of nitrogens with zero attached hydrogens (tertiary/aromatic N) is 2. The fourth-order valence-electron chi connectivity index (χ4n) is 2.85. The van der Waals surface area contributed by atoms with E-state index in [9.17, 15) is 0 Å². The molecule has 0 bridgehead atoms. The summed E-state index contributed by atoms with van der Waals surface area (Å²) in [5.74, 6) is 0. The molecule has 0 aromatic rings. The van der Waals surface area contributed by atoms with Crippen molar-refractivity contribution >= 4 is 0 Å². The SMILES string of the molecule is CCCNCCN1CCO[C@@H](CN(C)CC(C)(C)C)C1. The molecular weight excluding hydrogens is 250 g/mol. The summed E-state index contributed by atoms with van der Waals surface area (Å²) < 4.78 is 5.92. The van der Waals surface area contributed by atoms with Gasteiger partial charge >= 0.3 is 0 Å². The van der Waals surface area contributed by atoms with Crippen molar-refractivity contribution in [1.29, 1.82) is 0 Å². The van der Waals surface area contributed by atoms with E-state index in [0.29, 0.717) is 11.5 Å². The minimum atomic E-state index is 0.354. The minimum absolute atomic E-state index is 0.354. The van der Waals surface area contributed by atoms with Gasteiger partial charge in [-0.25, -0.2) is 0 Å². The molecule has 20 heavy (non-hydrogen) atoms. The number of nitrogens with one attached hydrogen (secondary N) is 1. The third kappa shape index (κ3) is 8.20. The summed E-state index contributed by atoms with van der Waals surface area (Å²) in [6.45, 7) is 17.6. The Bertz CT molecular complexity index is 253. The molecule has 0 aliphatic carbocycles. The van der Waals surface area contributed by atoms with Crippen LogP contribution < -0.4 is 5.32 Å². The van der Waals surface area contributed by atoms with Gasteiger partial charge in [0, 0.05) is 39.3 Å². The second kappa shape index (κ2) is 8.98. The zero-order chi connectivity index (χ0) is 15.0. The lowest BCUT2D eigenvalue weighted by molar-refractivity contribution is -0.0425. The van der Waals surface area contributed by atoms with Gasteiger partial charge < -0.3 is 15.0 Å². The summed E-state index contributed by atoms with van der Waals surface area (Å²) in [5.41, 5.74) is 0.354. The van der Waals surface area contributed by atoms with E-state index in [1.807, 2.05) is 0 Å². The normalized spacial score (nSPS) is 21.6. The second-order valence-corrected chi connectivity index (χ2v) is 7.30. The van der Waals surface area contributed by atoms with Gasteiger partial charge in [0.25, 0.3) is 0 Å². The first kappa shape index (κ1) is 17.9. The molecule has 1 N–H and O–H groups in total. The van der Waals surface area contributed by atoms with Gasteiger partial charge in [-0.2, -0.15) is 0 Å². The monoisotopic (exact) mass is 285 g/mol. The zero-order valence-corrected chi connectivity index (χ0v) is 14.2. The van der Waals surface area contributed by atoms with Crippen molar-refractivity contribution in [3.63, 3.8) is 0 Å². The van der Waals surface area contributed by atoms with Crippen molar-refractivity contribution in [2.45, 2.75) is 40.2 Å². The van der Waals surface area contributed by atoms with Crippen LogP contribution in [0.5, 0.6) is 0 Å². The summed E-state index contributed by atoms with van der Waals surface area (Å²) in [7, 11) is 2.20. The Morgan fingerprint density at radius 3 is 2.70 bits per heavy atom. The van der Waals surface area contributed by atoms with Gasteiger partial charge in [0.2, 0.25) is 0 Å². The highest BCUT2D eigenvalue weighted by Gasteiger charge is 2.23. The van der Waals surface area contributed by atoms with Gasteiger partial charge in [0.05, 0.1) is 12.7 Å². The lowest BCUT2D eigenvalue weighted by atomic mass is 9.96. The number of morpholine rings is 1. The Balaban J connectivity index is 2.23. The van der Waals surface area contributed by atoms with Crippen molar-refractivity contribution in [3.05, 3.63) is 0 Å². The summed E-state index contributed by atoms with van der Waals surface area (Å²) in [6, 6.07) is 0. The molecule has 1 saturated heterocycles. The molecule has 120 valence electrons. The van der Waals surface area contributed by atoms with Crippen LogP contribution in [0.2, 0.25) is 0 Å². The second-order valence-electron chi connectivity index (χ2n) is 7.30. The van der Waals surface area contributed by atoms with E-state index in [-0.39, 0.29) is 0 Å². The van der Waals surface area contributed by atoms with E-state index in [0.717, 1.165) is 52.4 Å². The van der Waals surface area contributed by atoms with E-state index in [1.165, 1.54) is 6.42 Å². The minimum Gasteiger partial charge on any atom is -0.374 e. The lowest BCUT2D eigenvalue weighted by Gasteiger charge is -2.36. The van der Waals surface area contributed by atoms with Crippen LogP contribution in [-0.4, -0.2) is 75.4 Å². The smallest absolute Gasteiger partial charge is 0.0829 e. The Morgan fingerprint density at radius 1 is 1.30 bits per heavy atom. The molecule has 4 nitrogen and oxygen atoms in total. The van der Waals surface area contributed by atoms with Crippen LogP contribution in [0.1, 0.15) is 34.1 Å². The average Bonchev–Trinajstić information content (AvgIpc) is 2.32. The Hall–Kier alpha value is -0.160. The highest BCUT2D eigenvalue weighted by Crippen LogP contribution is 2.15. The van der Waals surface area contributed by atoms with Gasteiger partial charge in [-0.15, -0.1) is 0 Å². The van der Waals surface area contributed by atoms with Crippen LogP contribution in [0.3, 0.4) is 0 Å². The van der Waals surface area contributed by atoms with E-state index < -0.39 is 0 Å². The van der Waals surface area contributed by atoms with Crippen molar-refractivity contribution in [1.82, 2.24) is 15.1 Å². The molecule has 0 spiro atoms. The van der Waals surface area contributed by atoms with Crippen LogP contribution in [0.4, 0.5) is 0 Å². The number of hydrogen-bond donors (Lipinski definition) is 1. The van der Waals surface area contributed by atoms with Crippen molar-refractivity contribution in [2.24, 2.45) is 5.41 Å². The summed E-state index contributed by atoms with van der Waals surface area (Å²) >= 11 is 0. The highest BCUT2D eigenvalue weighted by molar-refractivity contribution is 4.76. The number of hydrogen-bond acceptors (Lipinski definition) is 4. The van der Waals surface area contributed by atoms with Gasteiger partial charge in [0.1, 0.15) is 0 Å². The van der Waals surface area contributed by atoms with Crippen LogP contribution in [0, 0.1) is 5.41 Å². The largest absolute Gasteiger partial charge is 0.374 e. The van der Waals surface area contributed by atoms with Crippen molar-refractivity contribution < 1.29 is 4.74 Å². The molecule has 0 radical (unpaired) electrons. The molecule has 1 aliphatic heterocycles. The van der Waals surface area contributed by atoms with Crippen LogP contribution in [-0.2, 0) is 4.74 Å². The van der Waals surface area contributed by atoms with E-state index in [4.69, 9.17) is 4.74 Å². The third-order valence-electron chi connectivity index (χ3n) is 3.51. The Morgan fingerprint density at radius 2 is 2.05 bits per heavy atom. The third-order valence-corrected chi connectivity index (χ3v) is 3.51. The molecule has 4 heteroatoms. The predicted octanol–water partition coefficient (Wildman–Crippen LogP) is 1.66. The maximum Gasteiger partial charge on any atom is 0.0829 e.